The van der Waals surface area contributed by atoms with E-state index in [4.69, 9.17) is 16.3 Å². The predicted octanol–water partition coefficient (Wildman–Crippen LogP) is 3.38. The first-order valence-electron chi connectivity index (χ1n) is 9.17. The van der Waals surface area contributed by atoms with Crippen molar-refractivity contribution < 1.29 is 9.53 Å². The maximum absolute atomic E-state index is 12.7. The maximum Gasteiger partial charge on any atom is 0.251 e. The van der Waals surface area contributed by atoms with Crippen molar-refractivity contribution in [1.29, 1.82) is 0 Å². The summed E-state index contributed by atoms with van der Waals surface area (Å²) in [5.74, 6) is 1.15. The Balaban J connectivity index is 1.79. The number of nitrogens with zero attached hydrogens (tertiary/aromatic N) is 1. The van der Waals surface area contributed by atoms with E-state index in [9.17, 15) is 9.59 Å². The van der Waals surface area contributed by atoms with Crippen LogP contribution in [0.4, 0.5) is 0 Å². The van der Waals surface area contributed by atoms with Crippen molar-refractivity contribution in [2.45, 2.75) is 25.8 Å². The van der Waals surface area contributed by atoms with E-state index in [0.29, 0.717) is 23.0 Å². The SMILES string of the molecule is COc1ccc(CC(=O)N[C@H](Cc2cc(=O)[nH]c(C)n2)c2ccc(Cl)cc2)cc1. The number of aromatic amines is 1. The number of amides is 1. The minimum atomic E-state index is -0.341. The standard InChI is InChI=1S/C22H22ClN3O3/c1-14-24-18(13-22(28)25-14)12-20(16-5-7-17(23)8-6-16)26-21(27)11-15-3-9-19(29-2)10-4-15/h3-10,13,20H,11-12H2,1-2H3,(H,26,27)(H,24,25,28)/t20-/m1/s1. The Hall–Kier alpha value is -3.12. The molecule has 150 valence electrons. The number of methoxy groups -OCH3 is 1. The highest BCUT2D eigenvalue weighted by Crippen LogP contribution is 2.20. The molecule has 0 saturated heterocycles. The first-order valence-corrected chi connectivity index (χ1v) is 9.55. The number of benzene rings is 2. The number of aryl methyl sites for hydroxylation is 1. The molecule has 1 aromatic heterocycles. The van der Waals surface area contributed by atoms with Gasteiger partial charge in [0.25, 0.3) is 5.56 Å². The lowest BCUT2D eigenvalue weighted by Gasteiger charge is -2.19. The van der Waals surface area contributed by atoms with Gasteiger partial charge in [0.1, 0.15) is 11.6 Å². The van der Waals surface area contributed by atoms with E-state index in [2.05, 4.69) is 15.3 Å². The van der Waals surface area contributed by atoms with Gasteiger partial charge in [-0.3, -0.25) is 9.59 Å². The van der Waals surface area contributed by atoms with Gasteiger partial charge in [0, 0.05) is 17.5 Å². The summed E-state index contributed by atoms with van der Waals surface area (Å²) in [6, 6.07) is 15.7. The van der Waals surface area contributed by atoms with E-state index in [1.54, 1.807) is 26.2 Å². The van der Waals surface area contributed by atoms with Gasteiger partial charge in [0.2, 0.25) is 5.91 Å². The highest BCUT2D eigenvalue weighted by Gasteiger charge is 2.17. The highest BCUT2D eigenvalue weighted by atomic mass is 35.5. The number of ether oxygens (including phenoxy) is 1. The Kier molecular flexibility index (Phi) is 6.67. The normalized spacial score (nSPS) is 11.7. The van der Waals surface area contributed by atoms with Crippen molar-refractivity contribution in [3.63, 3.8) is 0 Å². The van der Waals surface area contributed by atoms with E-state index in [-0.39, 0.29) is 23.9 Å². The van der Waals surface area contributed by atoms with E-state index < -0.39 is 0 Å². The fourth-order valence-corrected chi connectivity index (χ4v) is 3.20. The Morgan fingerprint density at radius 3 is 2.48 bits per heavy atom. The Morgan fingerprint density at radius 2 is 1.86 bits per heavy atom. The molecule has 0 fully saturated rings. The first kappa shape index (κ1) is 20.6. The number of halogens is 1. The molecule has 0 saturated carbocycles. The zero-order valence-corrected chi connectivity index (χ0v) is 17.0. The zero-order valence-electron chi connectivity index (χ0n) is 16.2. The van der Waals surface area contributed by atoms with Gasteiger partial charge in [-0.25, -0.2) is 4.98 Å². The van der Waals surface area contributed by atoms with Crippen LogP contribution in [0.2, 0.25) is 5.02 Å². The number of hydrogen-bond acceptors (Lipinski definition) is 4. The number of carbonyl (C=O) groups is 1. The average molecular weight is 412 g/mol. The van der Waals surface area contributed by atoms with Crippen molar-refractivity contribution in [2.75, 3.05) is 7.11 Å². The molecule has 7 heteroatoms. The molecule has 0 unspecified atom stereocenters. The van der Waals surface area contributed by atoms with E-state index in [0.717, 1.165) is 16.9 Å². The second-order valence-electron chi connectivity index (χ2n) is 6.72. The molecule has 1 heterocycles. The van der Waals surface area contributed by atoms with Crippen LogP contribution in [0, 0.1) is 6.92 Å². The lowest BCUT2D eigenvalue weighted by Crippen LogP contribution is -2.31. The molecule has 3 aromatic rings. The number of aromatic nitrogens is 2. The van der Waals surface area contributed by atoms with Crippen LogP contribution in [-0.2, 0) is 17.6 Å². The van der Waals surface area contributed by atoms with Gasteiger partial charge in [0.15, 0.2) is 0 Å². The van der Waals surface area contributed by atoms with Gasteiger partial charge < -0.3 is 15.0 Å². The number of nitrogens with one attached hydrogen (secondary N) is 2. The molecule has 0 aliphatic carbocycles. The quantitative estimate of drug-likeness (QED) is 0.624. The molecule has 0 bridgehead atoms. The van der Waals surface area contributed by atoms with Crippen LogP contribution in [0.1, 0.15) is 28.7 Å². The lowest BCUT2D eigenvalue weighted by atomic mass is 10.0. The van der Waals surface area contributed by atoms with Crippen molar-refractivity contribution in [3.05, 3.63) is 92.6 Å². The largest absolute Gasteiger partial charge is 0.497 e. The molecule has 0 aliphatic rings. The van der Waals surface area contributed by atoms with Gasteiger partial charge >= 0.3 is 0 Å². The smallest absolute Gasteiger partial charge is 0.251 e. The van der Waals surface area contributed by atoms with Crippen LogP contribution >= 0.6 is 11.6 Å². The van der Waals surface area contributed by atoms with E-state index in [1.165, 1.54) is 6.07 Å². The van der Waals surface area contributed by atoms with Crippen molar-refractivity contribution in [1.82, 2.24) is 15.3 Å². The van der Waals surface area contributed by atoms with Crippen LogP contribution in [0.25, 0.3) is 0 Å². The van der Waals surface area contributed by atoms with Crippen LogP contribution in [0.15, 0.2) is 59.4 Å². The maximum atomic E-state index is 12.7. The lowest BCUT2D eigenvalue weighted by molar-refractivity contribution is -0.121. The summed E-state index contributed by atoms with van der Waals surface area (Å²) < 4.78 is 5.15. The van der Waals surface area contributed by atoms with Crippen LogP contribution < -0.4 is 15.6 Å². The molecule has 1 amide bonds. The van der Waals surface area contributed by atoms with Gasteiger partial charge in [-0.1, -0.05) is 35.9 Å². The predicted molar refractivity (Wildman–Crippen MR) is 112 cm³/mol. The zero-order chi connectivity index (χ0) is 20.8. The highest BCUT2D eigenvalue weighted by molar-refractivity contribution is 6.30. The summed E-state index contributed by atoms with van der Waals surface area (Å²) in [7, 11) is 1.60. The van der Waals surface area contributed by atoms with Gasteiger partial charge in [-0.2, -0.15) is 0 Å². The van der Waals surface area contributed by atoms with Gasteiger partial charge in [-0.15, -0.1) is 0 Å². The third-order valence-electron chi connectivity index (χ3n) is 4.46. The number of hydrogen-bond donors (Lipinski definition) is 2. The number of rotatable bonds is 7. The summed E-state index contributed by atoms with van der Waals surface area (Å²) >= 11 is 6.00. The fourth-order valence-electron chi connectivity index (χ4n) is 3.08. The number of carbonyl (C=O) groups excluding carboxylic acids is 1. The van der Waals surface area contributed by atoms with Crippen LogP contribution in [0.3, 0.4) is 0 Å². The summed E-state index contributed by atoms with van der Waals surface area (Å²) in [5.41, 5.74) is 2.16. The van der Waals surface area contributed by atoms with Crippen molar-refractivity contribution in [3.8, 4) is 5.75 Å². The Labute approximate surface area is 173 Å². The third kappa shape index (κ3) is 5.93. The van der Waals surface area contributed by atoms with Crippen LogP contribution in [-0.4, -0.2) is 23.0 Å². The first-order chi connectivity index (χ1) is 13.9. The van der Waals surface area contributed by atoms with Crippen LogP contribution in [0.5, 0.6) is 5.75 Å². The summed E-state index contributed by atoms with van der Waals surface area (Å²) in [4.78, 5) is 31.5. The Morgan fingerprint density at radius 1 is 1.17 bits per heavy atom. The molecule has 0 radical (unpaired) electrons. The van der Waals surface area contributed by atoms with E-state index >= 15 is 0 Å². The molecule has 2 N–H and O–H groups in total. The second kappa shape index (κ2) is 9.39. The molecule has 29 heavy (non-hydrogen) atoms. The topological polar surface area (TPSA) is 84.1 Å². The molecule has 6 nitrogen and oxygen atoms in total. The molecule has 0 aliphatic heterocycles. The summed E-state index contributed by atoms with van der Waals surface area (Å²) in [6.45, 7) is 1.73. The van der Waals surface area contributed by atoms with Crippen molar-refractivity contribution >= 4 is 17.5 Å². The minimum Gasteiger partial charge on any atom is -0.497 e. The monoisotopic (exact) mass is 411 g/mol. The van der Waals surface area contributed by atoms with E-state index in [1.807, 2.05) is 36.4 Å². The molecule has 3 rings (SSSR count). The van der Waals surface area contributed by atoms with Gasteiger partial charge in [0.05, 0.1) is 25.3 Å². The van der Waals surface area contributed by atoms with Gasteiger partial charge in [-0.05, 0) is 42.3 Å². The number of H-pyrrole nitrogens is 1. The third-order valence-corrected chi connectivity index (χ3v) is 4.71. The Bertz CT molecular complexity index is 1030. The second-order valence-corrected chi connectivity index (χ2v) is 7.16. The fraction of sp³-hybridized carbons (Fsp3) is 0.227. The minimum absolute atomic E-state index is 0.128. The van der Waals surface area contributed by atoms with Crippen molar-refractivity contribution in [2.24, 2.45) is 0 Å². The molecular formula is C22H22ClN3O3. The molecule has 1 atom stereocenters. The summed E-state index contributed by atoms with van der Waals surface area (Å²) in [5, 5.41) is 3.66. The molecule has 0 spiro atoms. The summed E-state index contributed by atoms with van der Waals surface area (Å²) in [6.07, 6.45) is 0.622. The molecule has 2 aromatic carbocycles. The average Bonchev–Trinajstić information content (AvgIpc) is 2.68. The molecular weight excluding hydrogens is 390 g/mol.